The van der Waals surface area contributed by atoms with E-state index >= 15 is 0 Å². The second-order valence-electron chi connectivity index (χ2n) is 5.17. The molecule has 0 bridgehead atoms. The number of aryl methyl sites for hydroxylation is 1. The second kappa shape index (κ2) is 7.46. The van der Waals surface area contributed by atoms with Gasteiger partial charge in [0.25, 0.3) is 5.91 Å². The molecule has 134 valence electrons. The summed E-state index contributed by atoms with van der Waals surface area (Å²) in [7, 11) is 0. The number of rotatable bonds is 4. The normalized spacial score (nSPS) is 11.4. The standard InChI is InChI=1S/C17H12F3N3OS2/c1-10-14(13-4-2-3-9-21-13)25-16(22-10)23-15(24)11-5-7-12(8-6-11)26-17(18,19)20/h2-9H,1H3,(H,22,23,24). The van der Waals surface area contributed by atoms with Gasteiger partial charge < -0.3 is 0 Å². The maximum absolute atomic E-state index is 12.3. The van der Waals surface area contributed by atoms with Gasteiger partial charge in [0.1, 0.15) is 0 Å². The third-order valence-electron chi connectivity index (χ3n) is 3.26. The fraction of sp³-hybridized carbons (Fsp3) is 0.118. The molecule has 0 radical (unpaired) electrons. The highest BCUT2D eigenvalue weighted by molar-refractivity contribution is 8.00. The summed E-state index contributed by atoms with van der Waals surface area (Å²) in [5.41, 5.74) is -2.61. The summed E-state index contributed by atoms with van der Waals surface area (Å²) in [6, 6.07) is 10.7. The summed E-state index contributed by atoms with van der Waals surface area (Å²) in [5.74, 6) is -0.435. The van der Waals surface area contributed by atoms with Crippen molar-refractivity contribution in [3.05, 3.63) is 59.9 Å². The zero-order valence-corrected chi connectivity index (χ0v) is 15.0. The van der Waals surface area contributed by atoms with Crippen LogP contribution in [0.5, 0.6) is 0 Å². The Morgan fingerprint density at radius 1 is 1.15 bits per heavy atom. The molecular formula is C17H12F3N3OS2. The first-order chi connectivity index (χ1) is 12.3. The van der Waals surface area contributed by atoms with Gasteiger partial charge >= 0.3 is 5.51 Å². The van der Waals surface area contributed by atoms with Gasteiger partial charge in [-0.1, -0.05) is 17.4 Å². The summed E-state index contributed by atoms with van der Waals surface area (Å²) in [4.78, 5) is 21.7. The van der Waals surface area contributed by atoms with Crippen molar-refractivity contribution in [3.8, 4) is 10.6 Å². The smallest absolute Gasteiger partial charge is 0.298 e. The minimum Gasteiger partial charge on any atom is -0.298 e. The van der Waals surface area contributed by atoms with Gasteiger partial charge in [-0.3, -0.25) is 15.1 Å². The molecule has 2 aromatic heterocycles. The number of alkyl halides is 3. The second-order valence-corrected chi connectivity index (χ2v) is 7.31. The molecule has 4 nitrogen and oxygen atoms in total. The van der Waals surface area contributed by atoms with Crippen LogP contribution in [0, 0.1) is 6.92 Å². The zero-order valence-electron chi connectivity index (χ0n) is 13.4. The van der Waals surface area contributed by atoms with Gasteiger partial charge in [0.2, 0.25) is 0 Å². The Bertz CT molecular complexity index is 909. The number of hydrogen-bond acceptors (Lipinski definition) is 5. The van der Waals surface area contributed by atoms with Crippen LogP contribution in [0.3, 0.4) is 0 Å². The van der Waals surface area contributed by atoms with Crippen LogP contribution in [-0.4, -0.2) is 21.4 Å². The van der Waals surface area contributed by atoms with Crippen LogP contribution in [0.2, 0.25) is 0 Å². The molecule has 9 heteroatoms. The number of thioether (sulfide) groups is 1. The van der Waals surface area contributed by atoms with E-state index in [-0.39, 0.29) is 22.2 Å². The van der Waals surface area contributed by atoms with E-state index in [9.17, 15) is 18.0 Å². The summed E-state index contributed by atoms with van der Waals surface area (Å²) in [6.45, 7) is 1.82. The number of halogens is 3. The Morgan fingerprint density at radius 2 is 1.88 bits per heavy atom. The number of anilines is 1. The number of thiazole rings is 1. The number of carbonyl (C=O) groups is 1. The summed E-state index contributed by atoms with van der Waals surface area (Å²) in [6.07, 6.45) is 1.67. The van der Waals surface area contributed by atoms with E-state index in [2.05, 4.69) is 15.3 Å². The van der Waals surface area contributed by atoms with E-state index in [0.717, 1.165) is 16.3 Å². The number of benzene rings is 1. The molecular weight excluding hydrogens is 383 g/mol. The minimum atomic E-state index is -4.36. The van der Waals surface area contributed by atoms with Crippen LogP contribution >= 0.6 is 23.1 Å². The molecule has 0 aliphatic rings. The highest BCUT2D eigenvalue weighted by atomic mass is 32.2. The van der Waals surface area contributed by atoms with Crippen LogP contribution in [0.15, 0.2) is 53.6 Å². The van der Waals surface area contributed by atoms with E-state index in [1.165, 1.54) is 35.6 Å². The summed E-state index contributed by atoms with van der Waals surface area (Å²) in [5, 5.41) is 3.07. The average molecular weight is 395 g/mol. The van der Waals surface area contributed by atoms with Crippen molar-refractivity contribution in [1.82, 2.24) is 9.97 Å². The van der Waals surface area contributed by atoms with Gasteiger partial charge in [-0.2, -0.15) is 13.2 Å². The van der Waals surface area contributed by atoms with E-state index in [1.54, 1.807) is 6.20 Å². The quantitative estimate of drug-likeness (QED) is 0.603. The molecule has 0 atom stereocenters. The topological polar surface area (TPSA) is 54.9 Å². The SMILES string of the molecule is Cc1nc(NC(=O)c2ccc(SC(F)(F)F)cc2)sc1-c1ccccn1. The van der Waals surface area contributed by atoms with Gasteiger partial charge in [0.15, 0.2) is 5.13 Å². The molecule has 1 aromatic carbocycles. The lowest BCUT2D eigenvalue weighted by molar-refractivity contribution is -0.0328. The van der Waals surface area contributed by atoms with Crippen molar-refractivity contribution in [1.29, 1.82) is 0 Å². The van der Waals surface area contributed by atoms with Crippen molar-refractivity contribution in [2.75, 3.05) is 5.32 Å². The Kier molecular flexibility index (Phi) is 5.28. The first-order valence-corrected chi connectivity index (χ1v) is 9.01. The van der Waals surface area contributed by atoms with E-state index in [4.69, 9.17) is 0 Å². The fourth-order valence-corrected chi connectivity index (χ4v) is 3.64. The van der Waals surface area contributed by atoms with Crippen LogP contribution in [-0.2, 0) is 0 Å². The Labute approximate surface area is 155 Å². The number of aromatic nitrogens is 2. The maximum Gasteiger partial charge on any atom is 0.446 e. The maximum atomic E-state index is 12.3. The van der Waals surface area contributed by atoms with Crippen molar-refractivity contribution in [2.24, 2.45) is 0 Å². The molecule has 3 rings (SSSR count). The van der Waals surface area contributed by atoms with Crippen molar-refractivity contribution in [2.45, 2.75) is 17.3 Å². The first kappa shape index (κ1) is 18.4. The lowest BCUT2D eigenvalue weighted by Gasteiger charge is -2.06. The van der Waals surface area contributed by atoms with Gasteiger partial charge in [-0.25, -0.2) is 4.98 Å². The van der Waals surface area contributed by atoms with E-state index in [0.29, 0.717) is 5.13 Å². The first-order valence-electron chi connectivity index (χ1n) is 7.38. The highest BCUT2D eigenvalue weighted by Crippen LogP contribution is 2.37. The third kappa shape index (κ3) is 4.61. The molecule has 3 aromatic rings. The number of amides is 1. The molecule has 0 unspecified atom stereocenters. The van der Waals surface area contributed by atoms with Gasteiger partial charge in [-0.05, 0) is 55.1 Å². The Balaban J connectivity index is 1.72. The van der Waals surface area contributed by atoms with Crippen LogP contribution in [0.1, 0.15) is 16.1 Å². The number of nitrogens with one attached hydrogen (secondary N) is 1. The molecule has 26 heavy (non-hydrogen) atoms. The van der Waals surface area contributed by atoms with E-state index in [1.807, 2.05) is 25.1 Å². The average Bonchev–Trinajstić information content (AvgIpc) is 2.95. The zero-order chi connectivity index (χ0) is 18.7. The van der Waals surface area contributed by atoms with Gasteiger partial charge in [-0.15, -0.1) is 0 Å². The molecule has 0 spiro atoms. The highest BCUT2D eigenvalue weighted by Gasteiger charge is 2.29. The fourth-order valence-electron chi connectivity index (χ4n) is 2.16. The van der Waals surface area contributed by atoms with Crippen molar-refractivity contribution >= 4 is 34.1 Å². The van der Waals surface area contributed by atoms with Crippen molar-refractivity contribution in [3.63, 3.8) is 0 Å². The molecule has 0 aliphatic carbocycles. The lowest BCUT2D eigenvalue weighted by Crippen LogP contribution is -2.11. The number of nitrogens with zero attached hydrogens (tertiary/aromatic N) is 2. The lowest BCUT2D eigenvalue weighted by atomic mass is 10.2. The molecule has 1 amide bonds. The van der Waals surface area contributed by atoms with Crippen LogP contribution in [0.25, 0.3) is 10.6 Å². The number of pyridine rings is 1. The summed E-state index contributed by atoms with van der Waals surface area (Å²) < 4.78 is 37.0. The van der Waals surface area contributed by atoms with E-state index < -0.39 is 11.4 Å². The third-order valence-corrected chi connectivity index (χ3v) is 5.10. The van der Waals surface area contributed by atoms with Crippen molar-refractivity contribution < 1.29 is 18.0 Å². The monoisotopic (exact) mass is 395 g/mol. The number of carbonyl (C=O) groups excluding carboxylic acids is 1. The van der Waals surface area contributed by atoms with Gasteiger partial charge in [0.05, 0.1) is 16.3 Å². The Hall–Kier alpha value is -2.39. The van der Waals surface area contributed by atoms with Crippen LogP contribution in [0.4, 0.5) is 18.3 Å². The molecule has 0 saturated heterocycles. The predicted molar refractivity (Wildman–Crippen MR) is 96.4 cm³/mol. The Morgan fingerprint density at radius 3 is 2.50 bits per heavy atom. The summed E-state index contributed by atoms with van der Waals surface area (Å²) >= 11 is 1.07. The van der Waals surface area contributed by atoms with Gasteiger partial charge in [0, 0.05) is 16.7 Å². The molecule has 0 aliphatic heterocycles. The number of hydrogen-bond donors (Lipinski definition) is 1. The largest absolute Gasteiger partial charge is 0.446 e. The molecule has 1 N–H and O–H groups in total. The molecule has 0 fully saturated rings. The molecule has 2 heterocycles. The minimum absolute atomic E-state index is 0.0246. The predicted octanol–water partition coefficient (Wildman–Crippen LogP) is 5.38. The van der Waals surface area contributed by atoms with Crippen LogP contribution < -0.4 is 5.32 Å². The molecule has 0 saturated carbocycles.